The van der Waals surface area contributed by atoms with Crippen molar-refractivity contribution in [1.29, 1.82) is 0 Å². The van der Waals surface area contributed by atoms with Crippen LogP contribution in [0.1, 0.15) is 21.6 Å². The smallest absolute Gasteiger partial charge is 0.257 e. The van der Waals surface area contributed by atoms with E-state index in [0.29, 0.717) is 5.56 Å². The second-order valence-corrected chi connectivity index (χ2v) is 6.01. The Morgan fingerprint density at radius 1 is 1.00 bits per heavy atom. The van der Waals surface area contributed by atoms with Crippen molar-refractivity contribution in [3.8, 4) is 0 Å². The van der Waals surface area contributed by atoms with Crippen molar-refractivity contribution in [3.05, 3.63) is 71.4 Å². The van der Waals surface area contributed by atoms with Gasteiger partial charge in [-0.15, -0.1) is 0 Å². The molecule has 0 spiro atoms. The number of anilines is 1. The molecule has 0 saturated heterocycles. The van der Waals surface area contributed by atoms with Crippen LogP contribution in [0.4, 0.5) is 5.69 Å². The Labute approximate surface area is 145 Å². The predicted molar refractivity (Wildman–Crippen MR) is 101 cm³/mol. The standard InChI is InChI=1S/C19H17N3OS/c1-12-6-9-14(10-7-12)18(23)22-19(24)21-17-5-3-4-16-15(17)11-8-13(2)20-16/h3-11H,1-2H3,(H2,21,22,23,24). The summed E-state index contributed by atoms with van der Waals surface area (Å²) in [5.74, 6) is -0.235. The Morgan fingerprint density at radius 2 is 1.75 bits per heavy atom. The Balaban J connectivity index is 1.75. The fourth-order valence-electron chi connectivity index (χ4n) is 2.40. The second kappa shape index (κ2) is 6.76. The number of carbonyl (C=O) groups excluding carboxylic acids is 1. The molecular weight excluding hydrogens is 318 g/mol. The van der Waals surface area contributed by atoms with Crippen molar-refractivity contribution in [2.45, 2.75) is 13.8 Å². The number of nitrogens with zero attached hydrogens (tertiary/aromatic N) is 1. The lowest BCUT2D eigenvalue weighted by atomic mass is 10.1. The summed E-state index contributed by atoms with van der Waals surface area (Å²) in [6.45, 7) is 3.93. The first-order valence-corrected chi connectivity index (χ1v) is 7.99. The molecule has 0 aliphatic rings. The summed E-state index contributed by atoms with van der Waals surface area (Å²) >= 11 is 5.26. The summed E-state index contributed by atoms with van der Waals surface area (Å²) in [6.07, 6.45) is 0. The predicted octanol–water partition coefficient (Wildman–Crippen LogP) is 3.98. The molecule has 24 heavy (non-hydrogen) atoms. The van der Waals surface area contributed by atoms with Gasteiger partial charge in [0.2, 0.25) is 0 Å². The highest BCUT2D eigenvalue weighted by Gasteiger charge is 2.09. The van der Waals surface area contributed by atoms with Crippen molar-refractivity contribution in [3.63, 3.8) is 0 Å². The molecule has 0 saturated carbocycles. The molecule has 0 radical (unpaired) electrons. The molecule has 5 heteroatoms. The molecule has 4 nitrogen and oxygen atoms in total. The van der Waals surface area contributed by atoms with E-state index in [-0.39, 0.29) is 11.0 Å². The van der Waals surface area contributed by atoms with Crippen LogP contribution in [0.3, 0.4) is 0 Å². The molecule has 0 aliphatic heterocycles. The van der Waals surface area contributed by atoms with Crippen LogP contribution in [-0.2, 0) is 0 Å². The number of rotatable bonds is 2. The Bertz CT molecular complexity index is 920. The zero-order valence-corrected chi connectivity index (χ0v) is 14.3. The number of thiocarbonyl (C=S) groups is 1. The fraction of sp³-hybridized carbons (Fsp3) is 0.105. The molecule has 0 aliphatic carbocycles. The Kier molecular flexibility index (Phi) is 4.53. The minimum Gasteiger partial charge on any atom is -0.332 e. The maximum absolute atomic E-state index is 12.2. The number of fused-ring (bicyclic) bond motifs is 1. The molecule has 0 atom stereocenters. The zero-order valence-electron chi connectivity index (χ0n) is 13.5. The molecule has 0 unspecified atom stereocenters. The van der Waals surface area contributed by atoms with Crippen LogP contribution < -0.4 is 10.6 Å². The molecule has 3 rings (SSSR count). The molecule has 0 fully saturated rings. The SMILES string of the molecule is Cc1ccc(C(=O)NC(=S)Nc2cccc3nc(C)ccc23)cc1. The summed E-state index contributed by atoms with van der Waals surface area (Å²) in [7, 11) is 0. The topological polar surface area (TPSA) is 54.0 Å². The zero-order chi connectivity index (χ0) is 17.1. The number of aryl methyl sites for hydroxylation is 2. The quantitative estimate of drug-likeness (QED) is 0.696. The number of pyridine rings is 1. The van der Waals surface area contributed by atoms with Crippen molar-refractivity contribution in [1.82, 2.24) is 10.3 Å². The van der Waals surface area contributed by atoms with Gasteiger partial charge in [0.05, 0.1) is 5.52 Å². The Morgan fingerprint density at radius 3 is 2.50 bits per heavy atom. The summed E-state index contributed by atoms with van der Waals surface area (Å²) in [6, 6.07) is 17.0. The van der Waals surface area contributed by atoms with E-state index in [1.54, 1.807) is 12.1 Å². The molecule has 120 valence electrons. The van der Waals surface area contributed by atoms with Crippen LogP contribution in [0, 0.1) is 13.8 Å². The third-order valence-corrected chi connectivity index (χ3v) is 3.86. The van der Waals surface area contributed by atoms with Crippen molar-refractivity contribution in [2.75, 3.05) is 5.32 Å². The number of aromatic nitrogens is 1. The third-order valence-electron chi connectivity index (χ3n) is 3.66. The number of nitrogens with one attached hydrogen (secondary N) is 2. The van der Waals surface area contributed by atoms with Gasteiger partial charge < -0.3 is 5.32 Å². The first-order valence-electron chi connectivity index (χ1n) is 7.58. The number of benzene rings is 2. The maximum atomic E-state index is 12.2. The largest absolute Gasteiger partial charge is 0.332 e. The summed E-state index contributed by atoms with van der Waals surface area (Å²) in [5.41, 5.74) is 4.32. The highest BCUT2D eigenvalue weighted by molar-refractivity contribution is 7.80. The monoisotopic (exact) mass is 335 g/mol. The highest BCUT2D eigenvalue weighted by atomic mass is 32.1. The van der Waals surface area contributed by atoms with Gasteiger partial charge in [-0.1, -0.05) is 23.8 Å². The molecular formula is C19H17N3OS. The van der Waals surface area contributed by atoms with E-state index in [1.807, 2.05) is 56.3 Å². The van der Waals surface area contributed by atoms with Crippen molar-refractivity contribution < 1.29 is 4.79 Å². The van der Waals surface area contributed by atoms with E-state index in [4.69, 9.17) is 12.2 Å². The van der Waals surface area contributed by atoms with E-state index in [2.05, 4.69) is 15.6 Å². The molecule has 0 bridgehead atoms. The fourth-order valence-corrected chi connectivity index (χ4v) is 2.60. The summed E-state index contributed by atoms with van der Waals surface area (Å²) < 4.78 is 0. The van der Waals surface area contributed by atoms with Gasteiger partial charge in [0.25, 0.3) is 5.91 Å². The van der Waals surface area contributed by atoms with Crippen LogP contribution in [0.2, 0.25) is 0 Å². The molecule has 1 heterocycles. The van der Waals surface area contributed by atoms with Gasteiger partial charge in [-0.3, -0.25) is 15.1 Å². The summed E-state index contributed by atoms with van der Waals surface area (Å²) in [5, 5.41) is 6.99. The number of hydrogen-bond acceptors (Lipinski definition) is 3. The van der Waals surface area contributed by atoms with Crippen LogP contribution in [-0.4, -0.2) is 16.0 Å². The van der Waals surface area contributed by atoms with Gasteiger partial charge >= 0.3 is 0 Å². The highest BCUT2D eigenvalue weighted by Crippen LogP contribution is 2.22. The van der Waals surface area contributed by atoms with Gasteiger partial charge in [0.15, 0.2) is 5.11 Å². The van der Waals surface area contributed by atoms with Crippen LogP contribution in [0.25, 0.3) is 10.9 Å². The molecule has 1 aromatic heterocycles. The van der Waals surface area contributed by atoms with Gasteiger partial charge in [-0.2, -0.15) is 0 Å². The van der Waals surface area contributed by atoms with Crippen LogP contribution in [0.5, 0.6) is 0 Å². The van der Waals surface area contributed by atoms with Crippen LogP contribution in [0.15, 0.2) is 54.6 Å². The van der Waals surface area contributed by atoms with Crippen LogP contribution >= 0.6 is 12.2 Å². The third kappa shape index (κ3) is 3.58. The van der Waals surface area contributed by atoms with Crippen molar-refractivity contribution >= 4 is 39.8 Å². The number of carbonyl (C=O) groups is 1. The average Bonchev–Trinajstić information content (AvgIpc) is 2.55. The maximum Gasteiger partial charge on any atom is 0.257 e. The van der Waals surface area contributed by atoms with Gasteiger partial charge in [-0.05, 0) is 62.5 Å². The minimum atomic E-state index is -0.235. The van der Waals surface area contributed by atoms with E-state index in [0.717, 1.165) is 27.8 Å². The van der Waals surface area contributed by atoms with Gasteiger partial charge in [-0.25, -0.2) is 0 Å². The lowest BCUT2D eigenvalue weighted by molar-refractivity contribution is 0.0977. The molecule has 2 N–H and O–H groups in total. The van der Waals surface area contributed by atoms with E-state index in [9.17, 15) is 4.79 Å². The van der Waals surface area contributed by atoms with Gasteiger partial charge in [0.1, 0.15) is 0 Å². The lowest BCUT2D eigenvalue weighted by Crippen LogP contribution is -2.34. The first-order chi connectivity index (χ1) is 11.5. The molecule has 1 amide bonds. The number of hydrogen-bond donors (Lipinski definition) is 2. The first kappa shape index (κ1) is 16.1. The lowest BCUT2D eigenvalue weighted by Gasteiger charge is -2.12. The molecule has 3 aromatic rings. The van der Waals surface area contributed by atoms with E-state index < -0.39 is 0 Å². The number of amides is 1. The van der Waals surface area contributed by atoms with E-state index in [1.165, 1.54) is 0 Å². The second-order valence-electron chi connectivity index (χ2n) is 5.60. The Hall–Kier alpha value is -2.79. The summed E-state index contributed by atoms with van der Waals surface area (Å²) in [4.78, 5) is 16.7. The normalized spacial score (nSPS) is 10.4. The average molecular weight is 335 g/mol. The van der Waals surface area contributed by atoms with Gasteiger partial charge in [0, 0.05) is 22.3 Å². The van der Waals surface area contributed by atoms with E-state index >= 15 is 0 Å². The minimum absolute atomic E-state index is 0.235. The van der Waals surface area contributed by atoms with Crippen molar-refractivity contribution in [2.24, 2.45) is 0 Å². The molecule has 2 aromatic carbocycles.